The summed E-state index contributed by atoms with van der Waals surface area (Å²) < 4.78 is 0. The van der Waals surface area contributed by atoms with Crippen LogP contribution in [0.4, 0.5) is 5.69 Å². The van der Waals surface area contributed by atoms with Crippen LogP contribution in [0.25, 0.3) is 0 Å². The summed E-state index contributed by atoms with van der Waals surface area (Å²) >= 11 is 0. The molecule has 6 heteroatoms. The minimum absolute atomic E-state index is 0.0146. The molecule has 140 valence electrons. The number of hydrogen-bond acceptors (Lipinski definition) is 3. The number of hydrogen-bond donors (Lipinski definition) is 1. The fourth-order valence-corrected chi connectivity index (χ4v) is 3.07. The standard InChI is InChI=1S/C20H27N3O3/c1-5-18(24)21-17-8-6-16(7-9-17)12-19(25)23-11-10-22(13-14(2)3)20(26)15(23)4/h5-9,14-15H,1,10-13H2,2-4H3,(H,21,24). The average molecular weight is 357 g/mol. The van der Waals surface area contributed by atoms with Gasteiger partial charge < -0.3 is 15.1 Å². The minimum atomic E-state index is -0.429. The first-order valence-corrected chi connectivity index (χ1v) is 8.92. The molecule has 0 radical (unpaired) electrons. The normalized spacial score (nSPS) is 17.4. The molecule has 1 aromatic rings. The molecule has 1 fully saturated rings. The Kier molecular flexibility index (Phi) is 6.55. The van der Waals surface area contributed by atoms with Crippen molar-refractivity contribution in [3.8, 4) is 0 Å². The van der Waals surface area contributed by atoms with E-state index in [1.807, 2.05) is 4.90 Å². The average Bonchev–Trinajstić information content (AvgIpc) is 2.60. The minimum Gasteiger partial charge on any atom is -0.339 e. The molecule has 0 bridgehead atoms. The fourth-order valence-electron chi connectivity index (χ4n) is 3.07. The van der Waals surface area contributed by atoms with Crippen LogP contribution < -0.4 is 5.32 Å². The Bertz CT molecular complexity index is 682. The number of rotatable bonds is 6. The molecule has 1 N–H and O–H groups in total. The predicted octanol–water partition coefficient (Wildman–Crippen LogP) is 2.07. The Morgan fingerprint density at radius 3 is 2.50 bits per heavy atom. The van der Waals surface area contributed by atoms with E-state index in [-0.39, 0.29) is 24.1 Å². The molecule has 6 nitrogen and oxygen atoms in total. The van der Waals surface area contributed by atoms with E-state index in [0.29, 0.717) is 24.7 Å². The Labute approximate surface area is 154 Å². The molecule has 1 heterocycles. The van der Waals surface area contributed by atoms with Gasteiger partial charge >= 0.3 is 0 Å². The number of anilines is 1. The van der Waals surface area contributed by atoms with E-state index >= 15 is 0 Å². The van der Waals surface area contributed by atoms with E-state index in [1.54, 1.807) is 36.1 Å². The summed E-state index contributed by atoms with van der Waals surface area (Å²) in [6.45, 7) is 11.2. The van der Waals surface area contributed by atoms with Crippen LogP contribution in [0, 0.1) is 5.92 Å². The van der Waals surface area contributed by atoms with Gasteiger partial charge in [0.25, 0.3) is 0 Å². The lowest BCUT2D eigenvalue weighted by Crippen LogP contribution is -2.58. The Morgan fingerprint density at radius 2 is 1.92 bits per heavy atom. The number of carbonyl (C=O) groups excluding carboxylic acids is 3. The van der Waals surface area contributed by atoms with Crippen molar-refractivity contribution in [1.82, 2.24) is 9.80 Å². The van der Waals surface area contributed by atoms with Crippen LogP contribution in [0.15, 0.2) is 36.9 Å². The van der Waals surface area contributed by atoms with Crippen molar-refractivity contribution in [2.45, 2.75) is 33.2 Å². The van der Waals surface area contributed by atoms with Crippen molar-refractivity contribution in [3.05, 3.63) is 42.5 Å². The topological polar surface area (TPSA) is 69.7 Å². The number of benzene rings is 1. The number of amides is 3. The van der Waals surface area contributed by atoms with Crippen molar-refractivity contribution < 1.29 is 14.4 Å². The highest BCUT2D eigenvalue weighted by Crippen LogP contribution is 2.16. The molecule has 0 aromatic heterocycles. The van der Waals surface area contributed by atoms with Crippen LogP contribution >= 0.6 is 0 Å². The number of piperazine rings is 1. The second-order valence-electron chi connectivity index (χ2n) is 7.01. The molecule has 0 saturated carbocycles. The third-order valence-electron chi connectivity index (χ3n) is 4.42. The van der Waals surface area contributed by atoms with Gasteiger partial charge in [-0.05, 0) is 36.6 Å². The SMILES string of the molecule is C=CC(=O)Nc1ccc(CC(=O)N2CCN(CC(C)C)C(=O)C2C)cc1. The molecular weight excluding hydrogens is 330 g/mol. The lowest BCUT2D eigenvalue weighted by molar-refractivity contribution is -0.150. The zero-order valence-corrected chi connectivity index (χ0v) is 15.7. The Hall–Kier alpha value is -2.63. The molecule has 2 rings (SSSR count). The fraction of sp³-hybridized carbons (Fsp3) is 0.450. The number of carbonyl (C=O) groups is 3. The van der Waals surface area contributed by atoms with Crippen LogP contribution in [0.1, 0.15) is 26.3 Å². The first-order valence-electron chi connectivity index (χ1n) is 8.92. The lowest BCUT2D eigenvalue weighted by Gasteiger charge is -2.39. The smallest absolute Gasteiger partial charge is 0.247 e. The maximum atomic E-state index is 12.6. The monoisotopic (exact) mass is 357 g/mol. The van der Waals surface area contributed by atoms with Gasteiger partial charge in [0, 0.05) is 25.3 Å². The van der Waals surface area contributed by atoms with Crippen LogP contribution in [-0.2, 0) is 20.8 Å². The van der Waals surface area contributed by atoms with E-state index in [9.17, 15) is 14.4 Å². The maximum absolute atomic E-state index is 12.6. The van der Waals surface area contributed by atoms with Gasteiger partial charge in [0.05, 0.1) is 6.42 Å². The third-order valence-corrected chi connectivity index (χ3v) is 4.42. The van der Waals surface area contributed by atoms with E-state index in [1.165, 1.54) is 6.08 Å². The van der Waals surface area contributed by atoms with Crippen molar-refractivity contribution in [2.75, 3.05) is 25.0 Å². The zero-order chi connectivity index (χ0) is 19.3. The van der Waals surface area contributed by atoms with Gasteiger partial charge in [-0.15, -0.1) is 0 Å². The van der Waals surface area contributed by atoms with Crippen molar-refractivity contribution in [2.24, 2.45) is 5.92 Å². The largest absolute Gasteiger partial charge is 0.339 e. The van der Waals surface area contributed by atoms with Crippen molar-refractivity contribution in [1.29, 1.82) is 0 Å². The molecule has 0 aliphatic carbocycles. The molecule has 1 unspecified atom stereocenters. The van der Waals surface area contributed by atoms with Crippen LogP contribution in [-0.4, -0.2) is 53.2 Å². The molecule has 1 aromatic carbocycles. The highest BCUT2D eigenvalue weighted by atomic mass is 16.2. The van der Waals surface area contributed by atoms with E-state index in [2.05, 4.69) is 25.7 Å². The lowest BCUT2D eigenvalue weighted by atomic mass is 10.1. The van der Waals surface area contributed by atoms with Gasteiger partial charge in [0.2, 0.25) is 17.7 Å². The van der Waals surface area contributed by atoms with Crippen molar-refractivity contribution in [3.63, 3.8) is 0 Å². The molecule has 1 aliphatic heterocycles. The molecule has 1 saturated heterocycles. The summed E-state index contributed by atoms with van der Waals surface area (Å²) in [4.78, 5) is 39.9. The highest BCUT2D eigenvalue weighted by Gasteiger charge is 2.34. The molecule has 1 atom stereocenters. The summed E-state index contributed by atoms with van der Waals surface area (Å²) in [7, 11) is 0. The number of nitrogens with one attached hydrogen (secondary N) is 1. The number of nitrogens with zero attached hydrogens (tertiary/aromatic N) is 2. The quantitative estimate of drug-likeness (QED) is 0.793. The van der Waals surface area contributed by atoms with Gasteiger partial charge in [-0.2, -0.15) is 0 Å². The van der Waals surface area contributed by atoms with Gasteiger partial charge in [-0.3, -0.25) is 14.4 Å². The molecule has 26 heavy (non-hydrogen) atoms. The van der Waals surface area contributed by atoms with Gasteiger partial charge in [0.15, 0.2) is 0 Å². The summed E-state index contributed by atoms with van der Waals surface area (Å²) in [6.07, 6.45) is 1.44. The summed E-state index contributed by atoms with van der Waals surface area (Å²) in [5.41, 5.74) is 1.49. The maximum Gasteiger partial charge on any atom is 0.247 e. The molecular formula is C20H27N3O3. The second-order valence-corrected chi connectivity index (χ2v) is 7.01. The first kappa shape index (κ1) is 19.7. The Balaban J connectivity index is 1.96. The Morgan fingerprint density at radius 1 is 1.27 bits per heavy atom. The third kappa shape index (κ3) is 4.94. The van der Waals surface area contributed by atoms with Crippen LogP contribution in [0.2, 0.25) is 0 Å². The van der Waals surface area contributed by atoms with E-state index in [4.69, 9.17) is 0 Å². The van der Waals surface area contributed by atoms with Gasteiger partial charge in [0.1, 0.15) is 6.04 Å². The second kappa shape index (κ2) is 8.65. The summed E-state index contributed by atoms with van der Waals surface area (Å²) in [6, 6.07) is 6.68. The van der Waals surface area contributed by atoms with Crippen LogP contribution in [0.3, 0.4) is 0 Å². The first-order chi connectivity index (χ1) is 12.3. The molecule has 1 aliphatic rings. The van der Waals surface area contributed by atoms with Gasteiger partial charge in [-0.1, -0.05) is 32.6 Å². The summed E-state index contributed by atoms with van der Waals surface area (Å²) in [5, 5.41) is 2.67. The van der Waals surface area contributed by atoms with Gasteiger partial charge in [-0.25, -0.2) is 0 Å². The highest BCUT2D eigenvalue weighted by molar-refractivity contribution is 5.98. The van der Waals surface area contributed by atoms with Crippen LogP contribution in [0.5, 0.6) is 0 Å². The molecule has 3 amide bonds. The predicted molar refractivity (Wildman–Crippen MR) is 102 cm³/mol. The molecule has 0 spiro atoms. The van der Waals surface area contributed by atoms with Crippen molar-refractivity contribution >= 4 is 23.4 Å². The van der Waals surface area contributed by atoms with E-state index < -0.39 is 6.04 Å². The zero-order valence-electron chi connectivity index (χ0n) is 15.7. The summed E-state index contributed by atoms with van der Waals surface area (Å²) in [5.74, 6) is 0.0904. The van der Waals surface area contributed by atoms with E-state index in [0.717, 1.165) is 12.1 Å².